The summed E-state index contributed by atoms with van der Waals surface area (Å²) in [5.41, 5.74) is 4.13. The van der Waals surface area contributed by atoms with E-state index in [0.29, 0.717) is 0 Å². The molecule has 0 amide bonds. The van der Waals surface area contributed by atoms with Gasteiger partial charge in [-0.15, -0.1) is 0 Å². The molecule has 0 bridgehead atoms. The molecule has 0 atom stereocenters. The van der Waals surface area contributed by atoms with Crippen LogP contribution in [0.3, 0.4) is 0 Å². The third kappa shape index (κ3) is 3.65. The third-order valence-electron chi connectivity index (χ3n) is 1.36. The largest absolute Gasteiger partial charge is 0.375 e. The first-order chi connectivity index (χ1) is 7.70. The van der Waals surface area contributed by atoms with Gasteiger partial charge in [0.25, 0.3) is 0 Å². The smallest absolute Gasteiger partial charge is 0.343 e. The van der Waals surface area contributed by atoms with Crippen molar-refractivity contribution in [3.8, 4) is 0 Å². The highest BCUT2D eigenvalue weighted by atomic mass is 35.5. The molecule has 6 nitrogen and oxygen atoms in total. The SMILES string of the molecule is CN.O=C(OCl)c1cccnc1C(=O)OCl. The quantitative estimate of drug-likeness (QED) is 0.867. The molecule has 2 N–H and O–H groups in total. The Morgan fingerprint density at radius 2 is 1.81 bits per heavy atom. The van der Waals surface area contributed by atoms with Crippen LogP contribution in [-0.2, 0) is 8.58 Å². The summed E-state index contributed by atoms with van der Waals surface area (Å²) in [7, 11) is 1.50. The second-order valence-corrected chi connectivity index (χ2v) is 2.44. The number of halogens is 2. The molecule has 0 unspecified atom stereocenters. The van der Waals surface area contributed by atoms with E-state index in [0.717, 1.165) is 0 Å². The number of pyridine rings is 1. The summed E-state index contributed by atoms with van der Waals surface area (Å²) in [5.74, 6) is -1.86. The van der Waals surface area contributed by atoms with Gasteiger partial charge in [-0.3, -0.25) is 0 Å². The predicted octanol–water partition coefficient (Wildman–Crippen LogP) is 1.28. The Labute approximate surface area is 102 Å². The lowest BCUT2D eigenvalue weighted by atomic mass is 10.2. The minimum absolute atomic E-state index is 0.117. The first-order valence-corrected chi connectivity index (χ1v) is 4.51. The molecule has 0 radical (unpaired) electrons. The van der Waals surface area contributed by atoms with Crippen molar-refractivity contribution >= 4 is 35.7 Å². The summed E-state index contributed by atoms with van der Waals surface area (Å²) in [6, 6.07) is 2.75. The molecule has 0 fully saturated rings. The first-order valence-electron chi connectivity index (χ1n) is 3.89. The maximum absolute atomic E-state index is 11.0. The van der Waals surface area contributed by atoms with Gasteiger partial charge in [0.2, 0.25) is 0 Å². The molecule has 88 valence electrons. The van der Waals surface area contributed by atoms with Gasteiger partial charge in [-0.1, -0.05) is 0 Å². The number of hydrogen-bond donors (Lipinski definition) is 1. The molecule has 0 saturated heterocycles. The van der Waals surface area contributed by atoms with Gasteiger partial charge in [-0.2, -0.15) is 0 Å². The second kappa shape index (κ2) is 7.86. The number of rotatable bonds is 2. The van der Waals surface area contributed by atoms with Crippen LogP contribution in [0.4, 0.5) is 0 Å². The van der Waals surface area contributed by atoms with Crippen molar-refractivity contribution in [3.05, 3.63) is 29.6 Å². The average molecular weight is 267 g/mol. The Morgan fingerprint density at radius 3 is 2.31 bits per heavy atom. The number of carbonyl (C=O) groups is 2. The van der Waals surface area contributed by atoms with E-state index in [9.17, 15) is 9.59 Å². The number of hydrogen-bond acceptors (Lipinski definition) is 6. The van der Waals surface area contributed by atoms with Crippen LogP contribution in [0.5, 0.6) is 0 Å². The lowest BCUT2D eigenvalue weighted by molar-refractivity contribution is 0.0704. The maximum atomic E-state index is 11.0. The molecule has 1 aromatic rings. The van der Waals surface area contributed by atoms with Crippen LogP contribution < -0.4 is 5.73 Å². The minimum Gasteiger partial charge on any atom is -0.343 e. The van der Waals surface area contributed by atoms with Gasteiger partial charge < -0.3 is 14.3 Å². The van der Waals surface area contributed by atoms with Gasteiger partial charge in [0.05, 0.1) is 5.56 Å². The van der Waals surface area contributed by atoms with Gasteiger partial charge in [0.1, 0.15) is 23.7 Å². The Hall–Kier alpha value is -1.37. The summed E-state index contributed by atoms with van der Waals surface area (Å²) in [6.07, 6.45) is 1.30. The lowest BCUT2D eigenvalue weighted by Crippen LogP contribution is -2.11. The van der Waals surface area contributed by atoms with E-state index in [1.54, 1.807) is 0 Å². The van der Waals surface area contributed by atoms with Gasteiger partial charge in [-0.25, -0.2) is 14.6 Å². The van der Waals surface area contributed by atoms with Gasteiger partial charge in [0, 0.05) is 6.20 Å². The zero-order chi connectivity index (χ0) is 12.6. The topological polar surface area (TPSA) is 91.5 Å². The van der Waals surface area contributed by atoms with Gasteiger partial charge in [-0.05, 0) is 19.2 Å². The van der Waals surface area contributed by atoms with E-state index in [4.69, 9.17) is 23.7 Å². The van der Waals surface area contributed by atoms with Crippen LogP contribution in [0.2, 0.25) is 0 Å². The molecule has 1 heterocycles. The molecule has 0 saturated carbocycles. The molecule has 8 heteroatoms. The highest BCUT2D eigenvalue weighted by Gasteiger charge is 2.20. The molecule has 0 aliphatic heterocycles. The van der Waals surface area contributed by atoms with E-state index in [2.05, 4.69) is 19.3 Å². The number of aromatic nitrogens is 1. The van der Waals surface area contributed by atoms with Crippen LogP contribution >= 0.6 is 23.7 Å². The summed E-state index contributed by atoms with van der Waals surface area (Å²) >= 11 is 9.68. The van der Waals surface area contributed by atoms with Crippen LogP contribution in [0, 0.1) is 0 Å². The Morgan fingerprint density at radius 1 is 1.25 bits per heavy atom. The van der Waals surface area contributed by atoms with E-state index >= 15 is 0 Å². The monoisotopic (exact) mass is 266 g/mol. The van der Waals surface area contributed by atoms with Crippen molar-refractivity contribution < 1.29 is 18.2 Å². The molecule has 0 aromatic carbocycles. The summed E-state index contributed by atoms with van der Waals surface area (Å²) in [6.45, 7) is 0. The first kappa shape index (κ1) is 14.6. The molecular formula is C8H8Cl2N2O4. The second-order valence-electron chi connectivity index (χ2n) is 2.13. The van der Waals surface area contributed by atoms with Crippen LogP contribution in [0.25, 0.3) is 0 Å². The average Bonchev–Trinajstić information content (AvgIpc) is 2.39. The van der Waals surface area contributed by atoms with Gasteiger partial charge >= 0.3 is 11.9 Å². The van der Waals surface area contributed by atoms with Crippen LogP contribution in [0.1, 0.15) is 20.8 Å². The summed E-state index contributed by atoms with van der Waals surface area (Å²) in [5, 5.41) is 0. The number of nitrogens with two attached hydrogens (primary N) is 1. The van der Waals surface area contributed by atoms with Crippen molar-refractivity contribution in [1.82, 2.24) is 4.98 Å². The van der Waals surface area contributed by atoms with Crippen molar-refractivity contribution in [1.29, 1.82) is 0 Å². The van der Waals surface area contributed by atoms with Crippen LogP contribution in [-0.4, -0.2) is 24.0 Å². The normalized spacial score (nSPS) is 8.50. The highest BCUT2D eigenvalue weighted by Crippen LogP contribution is 2.10. The van der Waals surface area contributed by atoms with Crippen molar-refractivity contribution in [3.63, 3.8) is 0 Å². The fourth-order valence-electron chi connectivity index (χ4n) is 0.811. The molecular weight excluding hydrogens is 259 g/mol. The van der Waals surface area contributed by atoms with E-state index in [-0.39, 0.29) is 11.3 Å². The fourth-order valence-corrected chi connectivity index (χ4v) is 0.967. The molecule has 16 heavy (non-hydrogen) atoms. The Kier molecular flexibility index (Phi) is 7.19. The Balaban J connectivity index is 0.00000106. The zero-order valence-electron chi connectivity index (χ0n) is 8.15. The summed E-state index contributed by atoms with van der Waals surface area (Å²) in [4.78, 5) is 25.6. The highest BCUT2D eigenvalue weighted by molar-refractivity contribution is 6.19. The van der Waals surface area contributed by atoms with E-state index < -0.39 is 11.9 Å². The molecule has 0 aliphatic rings. The predicted molar refractivity (Wildman–Crippen MR) is 56.9 cm³/mol. The minimum atomic E-state index is -0.954. The third-order valence-corrected chi connectivity index (χ3v) is 1.64. The lowest BCUT2D eigenvalue weighted by Gasteiger charge is -2.00. The van der Waals surface area contributed by atoms with Crippen molar-refractivity contribution in [2.45, 2.75) is 0 Å². The fraction of sp³-hybridized carbons (Fsp3) is 0.125. The summed E-state index contributed by atoms with van der Waals surface area (Å²) < 4.78 is 7.81. The molecule has 0 spiro atoms. The molecule has 1 aromatic heterocycles. The molecule has 1 rings (SSSR count). The van der Waals surface area contributed by atoms with E-state index in [1.165, 1.54) is 25.4 Å². The maximum Gasteiger partial charge on any atom is 0.375 e. The standard InChI is InChI=1S/C7H3Cl2NO4.CH5N/c8-13-6(11)4-2-1-3-10-5(4)7(12)14-9;1-2/h1-3H;2H2,1H3. The van der Waals surface area contributed by atoms with Crippen molar-refractivity contribution in [2.24, 2.45) is 5.73 Å². The van der Waals surface area contributed by atoms with Gasteiger partial charge in [0.15, 0.2) is 5.69 Å². The number of nitrogens with zero attached hydrogens (tertiary/aromatic N) is 1. The number of carbonyl (C=O) groups excluding carboxylic acids is 2. The van der Waals surface area contributed by atoms with Crippen LogP contribution in [0.15, 0.2) is 18.3 Å². The van der Waals surface area contributed by atoms with E-state index in [1.807, 2.05) is 0 Å². The zero-order valence-corrected chi connectivity index (χ0v) is 9.66. The van der Waals surface area contributed by atoms with Crippen molar-refractivity contribution in [2.75, 3.05) is 7.05 Å². The molecule has 0 aliphatic carbocycles. The Bertz CT molecular complexity index is 338.